The van der Waals surface area contributed by atoms with Crippen molar-refractivity contribution in [1.82, 2.24) is 5.32 Å². The summed E-state index contributed by atoms with van der Waals surface area (Å²) in [5.74, 6) is 0.458. The van der Waals surface area contributed by atoms with E-state index in [1.165, 1.54) is 5.56 Å². The third-order valence-electron chi connectivity index (χ3n) is 3.36. The zero-order chi connectivity index (χ0) is 12.7. The Kier molecular flexibility index (Phi) is 6.20. The maximum absolute atomic E-state index is 12.9. The third kappa shape index (κ3) is 4.12. The first-order valence-electron chi connectivity index (χ1n) is 6.71. The summed E-state index contributed by atoms with van der Waals surface area (Å²) < 4.78 is 12.9. The standard InChI is InChI=1S/C15H24FN/c1-4-11-17-15(12(5-2)6-3)13-7-9-14(16)10-8-13/h7-10,12,15,17H,4-6,11H2,1-3H3. The Labute approximate surface area is 104 Å². The fourth-order valence-electron chi connectivity index (χ4n) is 2.29. The van der Waals surface area contributed by atoms with Crippen LogP contribution < -0.4 is 5.32 Å². The molecule has 1 N–H and O–H groups in total. The number of hydrogen-bond donors (Lipinski definition) is 1. The Morgan fingerprint density at radius 2 is 1.65 bits per heavy atom. The lowest BCUT2D eigenvalue weighted by Gasteiger charge is -2.27. The lowest BCUT2D eigenvalue weighted by Crippen LogP contribution is -2.28. The molecule has 0 saturated carbocycles. The highest BCUT2D eigenvalue weighted by atomic mass is 19.1. The number of halogens is 1. The van der Waals surface area contributed by atoms with E-state index in [1.54, 1.807) is 12.1 Å². The molecule has 0 aliphatic heterocycles. The first-order chi connectivity index (χ1) is 8.22. The molecule has 0 fully saturated rings. The molecule has 1 aromatic carbocycles. The summed E-state index contributed by atoms with van der Waals surface area (Å²) in [6, 6.07) is 7.27. The Morgan fingerprint density at radius 1 is 1.06 bits per heavy atom. The van der Waals surface area contributed by atoms with Gasteiger partial charge in [-0.05, 0) is 36.6 Å². The van der Waals surface area contributed by atoms with Crippen LogP contribution in [0, 0.1) is 11.7 Å². The van der Waals surface area contributed by atoms with Crippen molar-refractivity contribution in [3.8, 4) is 0 Å². The fraction of sp³-hybridized carbons (Fsp3) is 0.600. The van der Waals surface area contributed by atoms with Gasteiger partial charge >= 0.3 is 0 Å². The fourth-order valence-corrected chi connectivity index (χ4v) is 2.29. The van der Waals surface area contributed by atoms with Crippen molar-refractivity contribution >= 4 is 0 Å². The average molecular weight is 237 g/mol. The van der Waals surface area contributed by atoms with Crippen LogP contribution in [0.2, 0.25) is 0 Å². The van der Waals surface area contributed by atoms with Crippen LogP contribution in [0.1, 0.15) is 51.6 Å². The summed E-state index contributed by atoms with van der Waals surface area (Å²) in [7, 11) is 0. The first-order valence-corrected chi connectivity index (χ1v) is 6.71. The molecule has 2 heteroatoms. The molecule has 0 bridgehead atoms. The maximum atomic E-state index is 12.9. The molecule has 17 heavy (non-hydrogen) atoms. The molecule has 0 radical (unpaired) electrons. The minimum atomic E-state index is -0.160. The van der Waals surface area contributed by atoms with E-state index in [0.29, 0.717) is 12.0 Å². The van der Waals surface area contributed by atoms with Crippen LogP contribution in [-0.4, -0.2) is 6.54 Å². The van der Waals surface area contributed by atoms with Gasteiger partial charge in [-0.1, -0.05) is 45.7 Å². The van der Waals surface area contributed by atoms with Gasteiger partial charge in [0.05, 0.1) is 0 Å². The van der Waals surface area contributed by atoms with E-state index in [-0.39, 0.29) is 5.82 Å². The quantitative estimate of drug-likeness (QED) is 0.745. The highest BCUT2D eigenvalue weighted by molar-refractivity contribution is 5.20. The van der Waals surface area contributed by atoms with Crippen LogP contribution in [0.25, 0.3) is 0 Å². The van der Waals surface area contributed by atoms with Crippen molar-refractivity contribution in [2.45, 2.75) is 46.1 Å². The molecule has 0 aliphatic carbocycles. The summed E-state index contributed by atoms with van der Waals surface area (Å²) in [6.45, 7) is 7.62. The average Bonchev–Trinajstić information content (AvgIpc) is 2.36. The molecular weight excluding hydrogens is 213 g/mol. The van der Waals surface area contributed by atoms with Gasteiger partial charge in [-0.15, -0.1) is 0 Å². The zero-order valence-electron chi connectivity index (χ0n) is 11.2. The van der Waals surface area contributed by atoms with Gasteiger partial charge in [0.2, 0.25) is 0 Å². The number of nitrogens with one attached hydrogen (secondary N) is 1. The van der Waals surface area contributed by atoms with Crippen molar-refractivity contribution in [2.75, 3.05) is 6.54 Å². The topological polar surface area (TPSA) is 12.0 Å². The van der Waals surface area contributed by atoms with Crippen molar-refractivity contribution in [3.63, 3.8) is 0 Å². The highest BCUT2D eigenvalue weighted by Crippen LogP contribution is 2.27. The van der Waals surface area contributed by atoms with Gasteiger partial charge in [0.25, 0.3) is 0 Å². The SMILES string of the molecule is CCCNC(c1ccc(F)cc1)C(CC)CC. The molecule has 1 unspecified atom stereocenters. The molecular formula is C15H24FN. The number of benzene rings is 1. The second-order valence-electron chi connectivity index (χ2n) is 4.56. The summed E-state index contributed by atoms with van der Waals surface area (Å²) >= 11 is 0. The lowest BCUT2D eigenvalue weighted by atomic mass is 9.89. The van der Waals surface area contributed by atoms with E-state index in [9.17, 15) is 4.39 Å². The minimum absolute atomic E-state index is 0.160. The van der Waals surface area contributed by atoms with Crippen molar-refractivity contribution < 1.29 is 4.39 Å². The molecule has 1 rings (SSSR count). The van der Waals surface area contributed by atoms with Crippen LogP contribution in [0.3, 0.4) is 0 Å². The molecule has 0 spiro atoms. The molecule has 0 aromatic heterocycles. The van der Waals surface area contributed by atoms with Crippen LogP contribution >= 0.6 is 0 Å². The van der Waals surface area contributed by atoms with E-state index in [1.807, 2.05) is 12.1 Å². The molecule has 0 aliphatic rings. The van der Waals surface area contributed by atoms with E-state index in [4.69, 9.17) is 0 Å². The summed E-state index contributed by atoms with van der Waals surface area (Å²) in [4.78, 5) is 0. The molecule has 1 atom stereocenters. The largest absolute Gasteiger partial charge is 0.310 e. The first kappa shape index (κ1) is 14.2. The molecule has 0 amide bonds. The Bertz CT molecular complexity index is 303. The number of hydrogen-bond acceptors (Lipinski definition) is 1. The van der Waals surface area contributed by atoms with Crippen molar-refractivity contribution in [3.05, 3.63) is 35.6 Å². The smallest absolute Gasteiger partial charge is 0.123 e. The van der Waals surface area contributed by atoms with Gasteiger partial charge in [0.15, 0.2) is 0 Å². The van der Waals surface area contributed by atoms with E-state index in [2.05, 4.69) is 26.1 Å². The predicted octanol–water partition coefficient (Wildman–Crippen LogP) is 4.30. The maximum Gasteiger partial charge on any atom is 0.123 e. The normalized spacial score (nSPS) is 13.0. The van der Waals surface area contributed by atoms with Gasteiger partial charge in [0.1, 0.15) is 5.82 Å². The van der Waals surface area contributed by atoms with Gasteiger partial charge in [-0.2, -0.15) is 0 Å². The summed E-state index contributed by atoms with van der Waals surface area (Å²) in [5, 5.41) is 3.58. The van der Waals surface area contributed by atoms with E-state index < -0.39 is 0 Å². The molecule has 96 valence electrons. The predicted molar refractivity (Wildman–Crippen MR) is 71.5 cm³/mol. The minimum Gasteiger partial charge on any atom is -0.310 e. The van der Waals surface area contributed by atoms with Crippen LogP contribution in [-0.2, 0) is 0 Å². The van der Waals surface area contributed by atoms with Crippen molar-refractivity contribution in [1.29, 1.82) is 0 Å². The van der Waals surface area contributed by atoms with Crippen LogP contribution in [0.5, 0.6) is 0 Å². The van der Waals surface area contributed by atoms with E-state index >= 15 is 0 Å². The van der Waals surface area contributed by atoms with Gasteiger partial charge in [-0.3, -0.25) is 0 Å². The van der Waals surface area contributed by atoms with Gasteiger partial charge in [-0.25, -0.2) is 4.39 Å². The van der Waals surface area contributed by atoms with Crippen LogP contribution in [0.15, 0.2) is 24.3 Å². The van der Waals surface area contributed by atoms with Crippen LogP contribution in [0.4, 0.5) is 4.39 Å². The molecule has 0 heterocycles. The second-order valence-corrected chi connectivity index (χ2v) is 4.56. The number of rotatable bonds is 7. The summed E-state index contributed by atoms with van der Waals surface area (Å²) in [6.07, 6.45) is 3.42. The van der Waals surface area contributed by atoms with E-state index in [0.717, 1.165) is 25.8 Å². The Balaban J connectivity index is 2.84. The van der Waals surface area contributed by atoms with Crippen molar-refractivity contribution in [2.24, 2.45) is 5.92 Å². The van der Waals surface area contributed by atoms with Gasteiger partial charge in [0, 0.05) is 6.04 Å². The monoisotopic (exact) mass is 237 g/mol. The Hall–Kier alpha value is -0.890. The molecule has 0 saturated heterocycles. The molecule has 1 aromatic rings. The molecule has 1 nitrogen and oxygen atoms in total. The lowest BCUT2D eigenvalue weighted by molar-refractivity contribution is 0.341. The third-order valence-corrected chi connectivity index (χ3v) is 3.36. The Morgan fingerprint density at radius 3 is 2.12 bits per heavy atom. The highest BCUT2D eigenvalue weighted by Gasteiger charge is 2.19. The zero-order valence-corrected chi connectivity index (χ0v) is 11.2. The van der Waals surface area contributed by atoms with Gasteiger partial charge < -0.3 is 5.32 Å². The second kappa shape index (κ2) is 7.44. The summed E-state index contributed by atoms with van der Waals surface area (Å²) in [5.41, 5.74) is 1.20.